The number of hydrogen-bond acceptors (Lipinski definition) is 11. The minimum Gasteiger partial charge on any atom is -0.462 e. The van der Waals surface area contributed by atoms with Crippen molar-refractivity contribution in [2.24, 2.45) is 0 Å². The average Bonchev–Trinajstić information content (AvgIpc) is 3.05. The number of ether oxygens (including phenoxy) is 7. The summed E-state index contributed by atoms with van der Waals surface area (Å²) >= 11 is 0. The molecule has 0 aromatic heterocycles. The number of fused-ring (bicyclic) bond motifs is 1. The van der Waals surface area contributed by atoms with Crippen molar-refractivity contribution in [2.45, 2.75) is 102 Å². The summed E-state index contributed by atoms with van der Waals surface area (Å²) in [6, 6.07) is 0. The van der Waals surface area contributed by atoms with Crippen molar-refractivity contribution < 1.29 is 52.3 Å². The summed E-state index contributed by atoms with van der Waals surface area (Å²) in [6.45, 7) is 4.54. The Hall–Kier alpha value is -2.24. The van der Waals surface area contributed by atoms with E-state index in [4.69, 9.17) is 33.2 Å². The van der Waals surface area contributed by atoms with E-state index >= 15 is 0 Å². The maximum atomic E-state index is 11.8. The maximum absolute atomic E-state index is 11.8. The molecule has 0 bridgehead atoms. The second-order valence-corrected chi connectivity index (χ2v) is 8.24. The maximum Gasteiger partial charge on any atom is 0.305 e. The van der Waals surface area contributed by atoms with Crippen LogP contribution in [0.5, 0.6) is 0 Å². The summed E-state index contributed by atoms with van der Waals surface area (Å²) < 4.78 is 39.7. The first-order chi connectivity index (χ1) is 15.1. The summed E-state index contributed by atoms with van der Waals surface area (Å²) in [5, 5.41) is 0. The minimum absolute atomic E-state index is 0.301. The van der Waals surface area contributed by atoms with Crippen LogP contribution in [-0.4, -0.2) is 73.1 Å². The van der Waals surface area contributed by atoms with Crippen molar-refractivity contribution in [1.82, 2.24) is 0 Å². The SMILES string of the molecule is CC(=O)OC[C@@H](OC(C)=O)[C@@H]1O[C@@H](OC(C)=O)C(OC(C)=O)C2OC3(CCCCC3)OC21. The Morgan fingerprint density at radius 1 is 0.844 bits per heavy atom. The smallest absolute Gasteiger partial charge is 0.305 e. The van der Waals surface area contributed by atoms with Crippen LogP contribution in [0.4, 0.5) is 0 Å². The zero-order valence-corrected chi connectivity index (χ0v) is 18.7. The Kier molecular flexibility index (Phi) is 7.73. The first-order valence-corrected chi connectivity index (χ1v) is 10.8. The zero-order valence-electron chi connectivity index (χ0n) is 18.7. The molecule has 1 spiro atoms. The Morgan fingerprint density at radius 3 is 2.03 bits per heavy atom. The molecule has 32 heavy (non-hydrogen) atoms. The summed E-state index contributed by atoms with van der Waals surface area (Å²) in [4.78, 5) is 46.7. The minimum atomic E-state index is -1.33. The first kappa shape index (κ1) is 24.4. The van der Waals surface area contributed by atoms with E-state index < -0.39 is 66.5 Å². The molecule has 0 aromatic rings. The molecular weight excluding hydrogens is 428 g/mol. The van der Waals surface area contributed by atoms with Gasteiger partial charge in [-0.05, 0) is 12.8 Å². The molecule has 0 radical (unpaired) electrons. The molecule has 3 fully saturated rings. The fraction of sp³-hybridized carbons (Fsp3) is 0.810. The van der Waals surface area contributed by atoms with Gasteiger partial charge in [0, 0.05) is 40.5 Å². The fourth-order valence-corrected chi connectivity index (χ4v) is 4.44. The molecule has 1 saturated carbocycles. The number of hydrogen-bond donors (Lipinski definition) is 0. The molecule has 11 heteroatoms. The normalized spacial score (nSPS) is 31.8. The second kappa shape index (κ2) is 10.1. The number of rotatable bonds is 6. The summed E-state index contributed by atoms with van der Waals surface area (Å²) in [6.07, 6.45) is -2.13. The van der Waals surface area contributed by atoms with Crippen LogP contribution in [0.2, 0.25) is 0 Å². The Bertz CT molecular complexity index is 715. The highest BCUT2D eigenvalue weighted by Crippen LogP contribution is 2.46. The molecule has 3 unspecified atom stereocenters. The predicted molar refractivity (Wildman–Crippen MR) is 104 cm³/mol. The third-order valence-electron chi connectivity index (χ3n) is 5.57. The second-order valence-electron chi connectivity index (χ2n) is 8.24. The lowest BCUT2D eigenvalue weighted by molar-refractivity contribution is -0.289. The average molecular weight is 458 g/mol. The van der Waals surface area contributed by atoms with E-state index in [1.165, 1.54) is 27.7 Å². The molecule has 2 aliphatic heterocycles. The van der Waals surface area contributed by atoms with Gasteiger partial charge in [0.2, 0.25) is 6.29 Å². The lowest BCUT2D eigenvalue weighted by Crippen LogP contribution is -2.62. The van der Waals surface area contributed by atoms with Gasteiger partial charge in [-0.2, -0.15) is 0 Å². The summed E-state index contributed by atoms with van der Waals surface area (Å²) in [7, 11) is 0. The van der Waals surface area contributed by atoms with E-state index in [1.807, 2.05) is 0 Å². The summed E-state index contributed by atoms with van der Waals surface area (Å²) in [5.41, 5.74) is 0. The zero-order chi connectivity index (χ0) is 23.5. The van der Waals surface area contributed by atoms with Crippen molar-refractivity contribution in [1.29, 1.82) is 0 Å². The van der Waals surface area contributed by atoms with Gasteiger partial charge in [-0.25, -0.2) is 0 Å². The first-order valence-electron chi connectivity index (χ1n) is 10.8. The Balaban J connectivity index is 1.95. The van der Waals surface area contributed by atoms with E-state index in [1.54, 1.807) is 0 Å². The standard InChI is InChI=1S/C21H30O11/c1-11(22)26-10-15(27-12(2)23)16-17-18(32-21(31-17)8-6-5-7-9-21)19(28-13(3)24)20(30-16)29-14(4)25/h15-20H,5-10H2,1-4H3/t15-,16+,17?,18?,19?,20-/m1/s1. The van der Waals surface area contributed by atoms with Crippen molar-refractivity contribution in [3.8, 4) is 0 Å². The molecule has 3 rings (SSSR count). The van der Waals surface area contributed by atoms with Crippen LogP contribution in [0.1, 0.15) is 59.8 Å². The van der Waals surface area contributed by atoms with E-state index in [-0.39, 0.29) is 6.61 Å². The molecule has 0 aromatic carbocycles. The van der Waals surface area contributed by atoms with Crippen LogP contribution in [0.3, 0.4) is 0 Å². The quantitative estimate of drug-likeness (QED) is 0.419. The van der Waals surface area contributed by atoms with Gasteiger partial charge in [-0.1, -0.05) is 6.42 Å². The van der Waals surface area contributed by atoms with Crippen molar-refractivity contribution >= 4 is 23.9 Å². The monoisotopic (exact) mass is 458 g/mol. The van der Waals surface area contributed by atoms with E-state index in [9.17, 15) is 19.2 Å². The van der Waals surface area contributed by atoms with Gasteiger partial charge in [-0.3, -0.25) is 19.2 Å². The van der Waals surface area contributed by atoms with Crippen LogP contribution < -0.4 is 0 Å². The van der Waals surface area contributed by atoms with Crippen molar-refractivity contribution in [3.63, 3.8) is 0 Å². The van der Waals surface area contributed by atoms with Crippen LogP contribution in [0.15, 0.2) is 0 Å². The predicted octanol–water partition coefficient (Wildman–Crippen LogP) is 1.15. The van der Waals surface area contributed by atoms with E-state index in [2.05, 4.69) is 0 Å². The molecule has 6 atom stereocenters. The molecule has 180 valence electrons. The Labute approximate surface area is 185 Å². The van der Waals surface area contributed by atoms with Gasteiger partial charge in [0.15, 0.2) is 18.0 Å². The molecule has 0 N–H and O–H groups in total. The van der Waals surface area contributed by atoms with Gasteiger partial charge in [0.25, 0.3) is 0 Å². The fourth-order valence-electron chi connectivity index (χ4n) is 4.44. The third-order valence-corrected chi connectivity index (χ3v) is 5.57. The van der Waals surface area contributed by atoms with Crippen LogP contribution in [0.25, 0.3) is 0 Å². The lowest BCUT2D eigenvalue weighted by Gasteiger charge is -2.42. The van der Waals surface area contributed by atoms with E-state index in [0.717, 1.165) is 19.3 Å². The van der Waals surface area contributed by atoms with Gasteiger partial charge in [-0.15, -0.1) is 0 Å². The highest BCUT2D eigenvalue weighted by atomic mass is 16.8. The van der Waals surface area contributed by atoms with Crippen molar-refractivity contribution in [3.05, 3.63) is 0 Å². The topological polar surface area (TPSA) is 133 Å². The van der Waals surface area contributed by atoms with E-state index in [0.29, 0.717) is 12.8 Å². The highest BCUT2D eigenvalue weighted by Gasteiger charge is 2.62. The van der Waals surface area contributed by atoms with Crippen LogP contribution in [0, 0.1) is 0 Å². The molecule has 2 heterocycles. The van der Waals surface area contributed by atoms with Gasteiger partial charge in [0.1, 0.15) is 24.9 Å². The van der Waals surface area contributed by atoms with Crippen LogP contribution in [-0.2, 0) is 52.3 Å². The molecule has 1 aliphatic carbocycles. The van der Waals surface area contributed by atoms with Gasteiger partial charge >= 0.3 is 23.9 Å². The number of carbonyl (C=O) groups is 4. The Morgan fingerprint density at radius 2 is 1.47 bits per heavy atom. The van der Waals surface area contributed by atoms with Gasteiger partial charge in [0.05, 0.1) is 0 Å². The summed E-state index contributed by atoms with van der Waals surface area (Å²) in [5.74, 6) is -3.39. The molecular formula is C21H30O11. The number of esters is 4. The molecule has 11 nitrogen and oxygen atoms in total. The molecule has 0 amide bonds. The molecule has 3 aliphatic rings. The number of carbonyl (C=O) groups excluding carboxylic acids is 4. The lowest BCUT2D eigenvalue weighted by atomic mass is 9.94. The molecule has 2 saturated heterocycles. The van der Waals surface area contributed by atoms with Crippen molar-refractivity contribution in [2.75, 3.05) is 6.61 Å². The van der Waals surface area contributed by atoms with Crippen LogP contribution >= 0.6 is 0 Å². The highest BCUT2D eigenvalue weighted by molar-refractivity contribution is 5.68. The van der Waals surface area contributed by atoms with Gasteiger partial charge < -0.3 is 33.2 Å². The largest absolute Gasteiger partial charge is 0.462 e. The third kappa shape index (κ3) is 5.76.